The summed E-state index contributed by atoms with van der Waals surface area (Å²) in [6.45, 7) is 4.08. The molecule has 0 spiro atoms. The molecule has 0 saturated heterocycles. The molecule has 0 radical (unpaired) electrons. The number of benzene rings is 1. The first-order chi connectivity index (χ1) is 12.5. The van der Waals surface area contributed by atoms with Crippen LogP contribution < -0.4 is 5.56 Å². The zero-order valence-electron chi connectivity index (χ0n) is 14.4. The van der Waals surface area contributed by atoms with E-state index in [1.54, 1.807) is 30.7 Å². The summed E-state index contributed by atoms with van der Waals surface area (Å²) in [6, 6.07) is 12.2. The van der Waals surface area contributed by atoms with Gasteiger partial charge >= 0.3 is 0 Å². The van der Waals surface area contributed by atoms with E-state index in [1.165, 1.54) is 10.6 Å². The molecule has 0 unspecified atom stereocenters. The van der Waals surface area contributed by atoms with Crippen LogP contribution in [0.25, 0.3) is 28.1 Å². The number of fused-ring (bicyclic) bond motifs is 1. The summed E-state index contributed by atoms with van der Waals surface area (Å²) in [6.07, 6.45) is 3.35. The van der Waals surface area contributed by atoms with Crippen LogP contribution in [0.4, 0.5) is 0 Å². The first-order valence-corrected chi connectivity index (χ1v) is 8.26. The normalized spacial score (nSPS) is 11.3. The Morgan fingerprint density at radius 3 is 2.77 bits per heavy atom. The second kappa shape index (κ2) is 6.11. The predicted octanol–water partition coefficient (Wildman–Crippen LogP) is 2.93. The molecule has 0 amide bonds. The molecule has 0 fully saturated rings. The molecule has 4 rings (SSSR count). The Morgan fingerprint density at radius 1 is 1.12 bits per heavy atom. The highest BCUT2D eigenvalue weighted by atomic mass is 16.3. The maximum absolute atomic E-state index is 12.8. The molecule has 0 aliphatic heterocycles. The molecule has 7 nitrogen and oxygen atoms in total. The highest BCUT2D eigenvalue weighted by molar-refractivity contribution is 5.83. The van der Waals surface area contributed by atoms with Gasteiger partial charge in [-0.25, -0.2) is 4.98 Å². The van der Waals surface area contributed by atoms with Crippen molar-refractivity contribution in [2.45, 2.75) is 19.9 Å². The minimum Gasteiger partial charge on any atom is -0.508 e. The number of aromatic hydroxyl groups is 1. The van der Waals surface area contributed by atoms with Crippen molar-refractivity contribution in [3.8, 4) is 23.1 Å². The molecule has 1 aromatic carbocycles. The number of nitrogens with zero attached hydrogens (tertiary/aromatic N) is 5. The van der Waals surface area contributed by atoms with E-state index in [0.717, 1.165) is 5.39 Å². The van der Waals surface area contributed by atoms with Gasteiger partial charge in [0.2, 0.25) is 0 Å². The quantitative estimate of drug-likeness (QED) is 0.616. The van der Waals surface area contributed by atoms with Crippen LogP contribution in [-0.2, 0) is 0 Å². The Bertz CT molecular complexity index is 1160. The van der Waals surface area contributed by atoms with Gasteiger partial charge in [0.05, 0.1) is 5.39 Å². The summed E-state index contributed by atoms with van der Waals surface area (Å²) in [7, 11) is 0. The van der Waals surface area contributed by atoms with Crippen LogP contribution in [0.5, 0.6) is 5.75 Å². The maximum Gasteiger partial charge on any atom is 0.264 e. The standard InChI is InChI=1S/C19H17N5O2/c1-12(2)24-11-20-22-18(24)16-4-3-5-17(21-16)23-9-8-13-6-7-14(25)10-15(13)19(23)26/h3-12,25H,1-2H3. The molecule has 4 aromatic rings. The van der Waals surface area contributed by atoms with Crippen LogP contribution in [0.1, 0.15) is 19.9 Å². The van der Waals surface area contributed by atoms with E-state index < -0.39 is 0 Å². The minimum atomic E-state index is -0.242. The number of phenols is 1. The van der Waals surface area contributed by atoms with Gasteiger partial charge < -0.3 is 9.67 Å². The third-order valence-corrected chi connectivity index (χ3v) is 4.23. The zero-order valence-corrected chi connectivity index (χ0v) is 14.4. The summed E-state index contributed by atoms with van der Waals surface area (Å²) in [4.78, 5) is 17.4. The fourth-order valence-corrected chi connectivity index (χ4v) is 2.89. The van der Waals surface area contributed by atoms with Crippen molar-refractivity contribution < 1.29 is 5.11 Å². The fourth-order valence-electron chi connectivity index (χ4n) is 2.89. The van der Waals surface area contributed by atoms with Crippen LogP contribution in [-0.4, -0.2) is 29.4 Å². The van der Waals surface area contributed by atoms with Gasteiger partial charge in [0.1, 0.15) is 23.6 Å². The van der Waals surface area contributed by atoms with Gasteiger partial charge in [-0.05, 0) is 49.6 Å². The van der Waals surface area contributed by atoms with Gasteiger partial charge in [-0.15, -0.1) is 10.2 Å². The topological polar surface area (TPSA) is 85.8 Å². The Morgan fingerprint density at radius 2 is 1.96 bits per heavy atom. The number of pyridine rings is 2. The molecule has 3 heterocycles. The largest absolute Gasteiger partial charge is 0.508 e. The molecule has 1 N–H and O–H groups in total. The lowest BCUT2D eigenvalue weighted by molar-refractivity contribution is 0.476. The first-order valence-electron chi connectivity index (χ1n) is 8.26. The third kappa shape index (κ3) is 2.63. The van der Waals surface area contributed by atoms with Crippen LogP contribution in [0.15, 0.2) is 59.8 Å². The molecule has 0 aliphatic rings. The smallest absolute Gasteiger partial charge is 0.264 e. The fraction of sp³-hybridized carbons (Fsp3) is 0.158. The number of phenolic OH excluding ortho intramolecular Hbond substituents is 1. The highest BCUT2D eigenvalue weighted by Gasteiger charge is 2.13. The molecular weight excluding hydrogens is 330 g/mol. The molecule has 0 saturated carbocycles. The number of hydrogen-bond donors (Lipinski definition) is 1. The van der Waals surface area contributed by atoms with E-state index in [4.69, 9.17) is 0 Å². The molecule has 26 heavy (non-hydrogen) atoms. The van der Waals surface area contributed by atoms with E-state index >= 15 is 0 Å². The number of aromatic nitrogens is 5. The van der Waals surface area contributed by atoms with Gasteiger partial charge in [0.25, 0.3) is 5.56 Å². The molecule has 0 aliphatic carbocycles. The first kappa shape index (κ1) is 16.0. The van der Waals surface area contributed by atoms with Gasteiger partial charge in [-0.1, -0.05) is 12.1 Å². The van der Waals surface area contributed by atoms with Gasteiger partial charge in [-0.2, -0.15) is 0 Å². The average Bonchev–Trinajstić information content (AvgIpc) is 3.13. The predicted molar refractivity (Wildman–Crippen MR) is 98.4 cm³/mol. The van der Waals surface area contributed by atoms with Crippen molar-refractivity contribution in [2.24, 2.45) is 0 Å². The van der Waals surface area contributed by atoms with E-state index in [-0.39, 0.29) is 17.4 Å². The monoisotopic (exact) mass is 347 g/mol. The van der Waals surface area contributed by atoms with Crippen molar-refractivity contribution in [2.75, 3.05) is 0 Å². The highest BCUT2D eigenvalue weighted by Crippen LogP contribution is 2.20. The Hall–Kier alpha value is -3.48. The Kier molecular flexibility index (Phi) is 3.76. The van der Waals surface area contributed by atoms with Crippen LogP contribution in [0, 0.1) is 0 Å². The van der Waals surface area contributed by atoms with Crippen molar-refractivity contribution >= 4 is 10.8 Å². The molecule has 7 heteroatoms. The second-order valence-electron chi connectivity index (χ2n) is 6.30. The van der Waals surface area contributed by atoms with E-state index in [0.29, 0.717) is 22.7 Å². The lowest BCUT2D eigenvalue weighted by Crippen LogP contribution is -2.18. The molecule has 0 bridgehead atoms. The third-order valence-electron chi connectivity index (χ3n) is 4.23. The molecule has 3 aromatic heterocycles. The summed E-state index contributed by atoms with van der Waals surface area (Å²) in [5.41, 5.74) is 0.394. The summed E-state index contributed by atoms with van der Waals surface area (Å²) < 4.78 is 3.38. The van der Waals surface area contributed by atoms with Crippen LogP contribution in [0.3, 0.4) is 0 Å². The maximum atomic E-state index is 12.8. The summed E-state index contributed by atoms with van der Waals surface area (Å²) >= 11 is 0. The SMILES string of the molecule is CC(C)n1cnnc1-c1cccc(-n2ccc3ccc(O)cc3c2=O)n1. The summed E-state index contributed by atoms with van der Waals surface area (Å²) in [5, 5.41) is 19.0. The van der Waals surface area contributed by atoms with Gasteiger partial charge in [0.15, 0.2) is 5.82 Å². The van der Waals surface area contributed by atoms with Crippen molar-refractivity contribution in [1.82, 2.24) is 24.3 Å². The van der Waals surface area contributed by atoms with Crippen molar-refractivity contribution in [3.05, 3.63) is 65.3 Å². The summed E-state index contributed by atoms with van der Waals surface area (Å²) in [5.74, 6) is 1.18. The van der Waals surface area contributed by atoms with Crippen molar-refractivity contribution in [3.63, 3.8) is 0 Å². The second-order valence-corrected chi connectivity index (χ2v) is 6.30. The molecule has 0 atom stereocenters. The molecular formula is C19H17N5O2. The number of hydrogen-bond acceptors (Lipinski definition) is 5. The van der Waals surface area contributed by atoms with Crippen LogP contribution >= 0.6 is 0 Å². The van der Waals surface area contributed by atoms with Gasteiger partial charge in [-0.3, -0.25) is 9.36 Å². The Balaban J connectivity index is 1.87. The van der Waals surface area contributed by atoms with E-state index in [9.17, 15) is 9.90 Å². The van der Waals surface area contributed by atoms with E-state index in [2.05, 4.69) is 15.2 Å². The molecule has 130 valence electrons. The van der Waals surface area contributed by atoms with Crippen molar-refractivity contribution in [1.29, 1.82) is 0 Å². The number of rotatable bonds is 3. The Labute approximate surface area is 149 Å². The van der Waals surface area contributed by atoms with Crippen LogP contribution in [0.2, 0.25) is 0 Å². The van der Waals surface area contributed by atoms with Gasteiger partial charge in [0, 0.05) is 12.2 Å². The minimum absolute atomic E-state index is 0.0547. The zero-order chi connectivity index (χ0) is 18.3. The lowest BCUT2D eigenvalue weighted by atomic mass is 10.1. The van der Waals surface area contributed by atoms with E-state index in [1.807, 2.05) is 36.6 Å². The average molecular weight is 347 g/mol. The lowest BCUT2D eigenvalue weighted by Gasteiger charge is -2.11.